The predicted octanol–water partition coefficient (Wildman–Crippen LogP) is 0.303. The van der Waals surface area contributed by atoms with Crippen LogP contribution in [0, 0.1) is 5.41 Å². The van der Waals surface area contributed by atoms with Crippen LogP contribution in [-0.2, 0) is 9.59 Å². The fourth-order valence-electron chi connectivity index (χ4n) is 1.95. The van der Waals surface area contributed by atoms with Gasteiger partial charge in [-0.05, 0) is 12.1 Å². The van der Waals surface area contributed by atoms with E-state index in [-0.39, 0.29) is 25.0 Å². The first kappa shape index (κ1) is 22.7. The van der Waals surface area contributed by atoms with Crippen molar-refractivity contribution < 1.29 is 24.2 Å². The number of rotatable bonds is 11. The number of para-hydroxylation sites is 2. The zero-order valence-electron chi connectivity index (χ0n) is 16.5. The lowest BCUT2D eigenvalue weighted by molar-refractivity contribution is -0.128. The summed E-state index contributed by atoms with van der Waals surface area (Å²) in [5.74, 6) is 0.637. The number of aliphatic hydroxyl groups excluding tert-OH is 1. The third kappa shape index (κ3) is 9.25. The Balaban J connectivity index is 2.29. The van der Waals surface area contributed by atoms with E-state index >= 15 is 0 Å². The molecule has 0 aliphatic rings. The van der Waals surface area contributed by atoms with Gasteiger partial charge in [0.25, 0.3) is 5.91 Å². The molecule has 0 heterocycles. The van der Waals surface area contributed by atoms with Gasteiger partial charge < -0.3 is 30.5 Å². The van der Waals surface area contributed by atoms with Gasteiger partial charge in [0.15, 0.2) is 18.1 Å². The normalized spacial score (nSPS) is 12.2. The number of hydrogen-bond donors (Lipinski definition) is 4. The molecule has 1 unspecified atom stereocenters. The van der Waals surface area contributed by atoms with Gasteiger partial charge in [0, 0.05) is 32.1 Å². The summed E-state index contributed by atoms with van der Waals surface area (Å²) in [6.07, 6.45) is -0.727. The minimum atomic E-state index is -0.727. The second-order valence-corrected chi connectivity index (χ2v) is 7.08. The summed E-state index contributed by atoms with van der Waals surface area (Å²) in [5, 5.41) is 18.4. The molecule has 1 atom stereocenters. The van der Waals surface area contributed by atoms with Crippen LogP contribution in [0.5, 0.6) is 11.5 Å². The van der Waals surface area contributed by atoms with Crippen molar-refractivity contribution in [3.05, 3.63) is 24.3 Å². The van der Waals surface area contributed by atoms with Gasteiger partial charge >= 0.3 is 0 Å². The highest BCUT2D eigenvalue weighted by Crippen LogP contribution is 2.26. The van der Waals surface area contributed by atoms with E-state index in [1.165, 1.54) is 7.05 Å². The van der Waals surface area contributed by atoms with Gasteiger partial charge in [-0.3, -0.25) is 9.59 Å². The van der Waals surface area contributed by atoms with Crippen LogP contribution in [0.4, 0.5) is 0 Å². The second-order valence-electron chi connectivity index (χ2n) is 7.08. The van der Waals surface area contributed by atoms with E-state index in [0.717, 1.165) is 0 Å². The molecule has 1 aromatic carbocycles. The van der Waals surface area contributed by atoms with Crippen LogP contribution in [0.1, 0.15) is 20.8 Å². The molecule has 4 N–H and O–H groups in total. The van der Waals surface area contributed by atoms with Crippen molar-refractivity contribution in [1.29, 1.82) is 0 Å². The molecular weight excluding hydrogens is 350 g/mol. The summed E-state index contributed by atoms with van der Waals surface area (Å²) in [6, 6.07) is 6.96. The predicted molar refractivity (Wildman–Crippen MR) is 103 cm³/mol. The molecule has 2 amide bonds. The molecular formula is C19H31N3O5. The van der Waals surface area contributed by atoms with Crippen molar-refractivity contribution in [3.63, 3.8) is 0 Å². The lowest BCUT2D eigenvalue weighted by atomic mass is 9.96. The molecule has 8 nitrogen and oxygen atoms in total. The zero-order chi connectivity index (χ0) is 20.3. The Kier molecular flexibility index (Phi) is 9.60. The van der Waals surface area contributed by atoms with Gasteiger partial charge in [-0.25, -0.2) is 0 Å². The number of hydrogen-bond acceptors (Lipinski definition) is 6. The van der Waals surface area contributed by atoms with Crippen LogP contribution in [0.15, 0.2) is 24.3 Å². The Labute approximate surface area is 160 Å². The molecule has 27 heavy (non-hydrogen) atoms. The summed E-state index contributed by atoms with van der Waals surface area (Å²) in [5.41, 5.74) is -0.416. The molecule has 0 saturated heterocycles. The first-order chi connectivity index (χ1) is 12.7. The van der Waals surface area contributed by atoms with Gasteiger partial charge in [-0.15, -0.1) is 0 Å². The molecule has 0 bridgehead atoms. The number of amides is 2. The highest BCUT2D eigenvalue weighted by molar-refractivity contribution is 5.81. The molecule has 0 aliphatic carbocycles. The summed E-state index contributed by atoms with van der Waals surface area (Å²) in [4.78, 5) is 23.0. The third-order valence-corrected chi connectivity index (χ3v) is 3.57. The first-order valence-corrected chi connectivity index (χ1v) is 8.96. The molecule has 1 aromatic rings. The summed E-state index contributed by atoms with van der Waals surface area (Å²) in [6.45, 7) is 6.88. The van der Waals surface area contributed by atoms with Gasteiger partial charge in [-0.2, -0.15) is 0 Å². The van der Waals surface area contributed by atoms with Crippen LogP contribution in [-0.4, -0.2) is 62.9 Å². The number of nitrogens with one attached hydrogen (secondary N) is 3. The number of likely N-dealkylation sites (N-methyl/N-ethyl adjacent to an activating group) is 1. The van der Waals surface area contributed by atoms with E-state index in [9.17, 15) is 14.7 Å². The average molecular weight is 381 g/mol. The van der Waals surface area contributed by atoms with Crippen LogP contribution < -0.4 is 25.4 Å². The molecule has 0 aliphatic heterocycles. The molecule has 1 rings (SSSR count). The van der Waals surface area contributed by atoms with Crippen molar-refractivity contribution in [2.75, 3.05) is 39.9 Å². The third-order valence-electron chi connectivity index (χ3n) is 3.57. The lowest BCUT2D eigenvalue weighted by Gasteiger charge is -2.18. The van der Waals surface area contributed by atoms with E-state index < -0.39 is 11.5 Å². The first-order valence-electron chi connectivity index (χ1n) is 8.96. The maximum absolute atomic E-state index is 11.7. The van der Waals surface area contributed by atoms with E-state index in [0.29, 0.717) is 31.1 Å². The number of benzene rings is 1. The highest BCUT2D eigenvalue weighted by atomic mass is 16.5. The van der Waals surface area contributed by atoms with Crippen LogP contribution in [0.3, 0.4) is 0 Å². The summed E-state index contributed by atoms with van der Waals surface area (Å²) in [7, 11) is 1.53. The molecule has 0 radical (unpaired) electrons. The van der Waals surface area contributed by atoms with Crippen LogP contribution in [0.25, 0.3) is 0 Å². The largest absolute Gasteiger partial charge is 0.487 e. The van der Waals surface area contributed by atoms with Gasteiger partial charge in [-0.1, -0.05) is 32.9 Å². The van der Waals surface area contributed by atoms with Gasteiger partial charge in [0.1, 0.15) is 12.7 Å². The lowest BCUT2D eigenvalue weighted by Crippen LogP contribution is -2.40. The topological polar surface area (TPSA) is 109 Å². The van der Waals surface area contributed by atoms with Crippen molar-refractivity contribution in [1.82, 2.24) is 16.0 Å². The quantitative estimate of drug-likeness (QED) is 0.411. The molecule has 0 aromatic heterocycles. The van der Waals surface area contributed by atoms with Crippen molar-refractivity contribution in [3.8, 4) is 11.5 Å². The van der Waals surface area contributed by atoms with Crippen molar-refractivity contribution >= 4 is 11.8 Å². The smallest absolute Gasteiger partial charge is 0.257 e. The Hall–Kier alpha value is -2.32. The Morgan fingerprint density at radius 1 is 1.11 bits per heavy atom. The molecule has 0 saturated carbocycles. The maximum atomic E-state index is 11.7. The minimum Gasteiger partial charge on any atom is -0.487 e. The summed E-state index contributed by atoms with van der Waals surface area (Å²) >= 11 is 0. The molecule has 8 heteroatoms. The minimum absolute atomic E-state index is 0.0125. The molecule has 0 spiro atoms. The maximum Gasteiger partial charge on any atom is 0.257 e. The molecule has 0 fully saturated rings. The van der Waals surface area contributed by atoms with E-state index in [2.05, 4.69) is 16.0 Å². The zero-order valence-corrected chi connectivity index (χ0v) is 16.5. The fraction of sp³-hybridized carbons (Fsp3) is 0.579. The number of aliphatic hydroxyl groups is 1. The van der Waals surface area contributed by atoms with Crippen molar-refractivity contribution in [2.24, 2.45) is 5.41 Å². The Morgan fingerprint density at radius 3 is 2.33 bits per heavy atom. The average Bonchev–Trinajstić information content (AvgIpc) is 2.63. The van der Waals surface area contributed by atoms with E-state index in [1.807, 2.05) is 20.8 Å². The van der Waals surface area contributed by atoms with Crippen LogP contribution in [0.2, 0.25) is 0 Å². The fourth-order valence-corrected chi connectivity index (χ4v) is 1.95. The van der Waals surface area contributed by atoms with E-state index in [4.69, 9.17) is 9.47 Å². The standard InChI is InChI=1S/C19H31N3O5/c1-19(2,3)18(25)22-10-9-21-11-14(23)12-26-15-7-5-6-8-16(15)27-13-17(24)20-4/h5-8,14,21,23H,9-13H2,1-4H3,(H,20,24)(H,22,25). The number of ether oxygens (including phenoxy) is 2. The van der Waals surface area contributed by atoms with Crippen LogP contribution >= 0.6 is 0 Å². The van der Waals surface area contributed by atoms with E-state index in [1.54, 1.807) is 24.3 Å². The van der Waals surface area contributed by atoms with Gasteiger partial charge in [0.2, 0.25) is 5.91 Å². The Morgan fingerprint density at radius 2 is 1.74 bits per heavy atom. The number of carbonyl (C=O) groups excluding carboxylic acids is 2. The second kappa shape index (κ2) is 11.4. The monoisotopic (exact) mass is 381 g/mol. The van der Waals surface area contributed by atoms with Gasteiger partial charge in [0.05, 0.1) is 0 Å². The SMILES string of the molecule is CNC(=O)COc1ccccc1OCC(O)CNCCNC(=O)C(C)(C)C. The number of carbonyl (C=O) groups is 2. The summed E-state index contributed by atoms with van der Waals surface area (Å²) < 4.78 is 11.0. The Bertz CT molecular complexity index is 601. The highest BCUT2D eigenvalue weighted by Gasteiger charge is 2.20. The molecule has 152 valence electrons. The van der Waals surface area contributed by atoms with Crippen molar-refractivity contribution in [2.45, 2.75) is 26.9 Å².